The van der Waals surface area contributed by atoms with Crippen molar-refractivity contribution in [3.8, 4) is 6.07 Å². The average Bonchev–Trinajstić information content (AvgIpc) is 3.10. The van der Waals surface area contributed by atoms with Crippen molar-refractivity contribution in [3.63, 3.8) is 0 Å². The van der Waals surface area contributed by atoms with E-state index in [4.69, 9.17) is 9.68 Å². The smallest absolute Gasteiger partial charge is 0.289 e. The maximum Gasteiger partial charge on any atom is 0.289 e. The fourth-order valence-corrected chi connectivity index (χ4v) is 2.81. The first-order valence-corrected chi connectivity index (χ1v) is 7.42. The fraction of sp³-hybridized carbons (Fsp3) is 0.294. The first-order valence-electron chi connectivity index (χ1n) is 7.42. The monoisotopic (exact) mass is 296 g/mol. The van der Waals surface area contributed by atoms with Crippen molar-refractivity contribution in [2.75, 3.05) is 26.2 Å². The van der Waals surface area contributed by atoms with Crippen LogP contribution in [0, 0.1) is 11.3 Å². The summed E-state index contributed by atoms with van der Waals surface area (Å²) in [5.41, 5.74) is 1.81. The number of benzene rings is 1. The van der Waals surface area contributed by atoms with Crippen LogP contribution in [0.4, 0.5) is 0 Å². The number of quaternary nitrogens is 1. The number of furan rings is 1. The van der Waals surface area contributed by atoms with Gasteiger partial charge in [-0.05, 0) is 18.2 Å². The summed E-state index contributed by atoms with van der Waals surface area (Å²) >= 11 is 0. The van der Waals surface area contributed by atoms with Crippen LogP contribution in [0.2, 0.25) is 0 Å². The molecule has 0 unspecified atom stereocenters. The third kappa shape index (κ3) is 3.02. The van der Waals surface area contributed by atoms with Gasteiger partial charge in [-0.3, -0.25) is 4.79 Å². The number of nitriles is 1. The zero-order chi connectivity index (χ0) is 15.4. The van der Waals surface area contributed by atoms with Gasteiger partial charge in [-0.25, -0.2) is 0 Å². The van der Waals surface area contributed by atoms with Gasteiger partial charge in [-0.1, -0.05) is 18.2 Å². The molecule has 0 aliphatic carbocycles. The van der Waals surface area contributed by atoms with Crippen molar-refractivity contribution < 1.29 is 14.1 Å². The molecule has 0 bridgehead atoms. The summed E-state index contributed by atoms with van der Waals surface area (Å²) in [7, 11) is 0. The minimum atomic E-state index is -0.0403. The van der Waals surface area contributed by atoms with Crippen molar-refractivity contribution in [2.24, 2.45) is 0 Å². The van der Waals surface area contributed by atoms with Gasteiger partial charge in [0, 0.05) is 5.56 Å². The van der Waals surface area contributed by atoms with Gasteiger partial charge in [0.2, 0.25) is 0 Å². The van der Waals surface area contributed by atoms with E-state index in [9.17, 15) is 4.79 Å². The van der Waals surface area contributed by atoms with Crippen LogP contribution in [-0.2, 0) is 6.54 Å². The Balaban J connectivity index is 1.58. The number of amides is 1. The van der Waals surface area contributed by atoms with E-state index in [-0.39, 0.29) is 5.91 Å². The van der Waals surface area contributed by atoms with Crippen LogP contribution < -0.4 is 4.90 Å². The van der Waals surface area contributed by atoms with Gasteiger partial charge in [-0.2, -0.15) is 5.26 Å². The molecule has 2 aromatic rings. The Labute approximate surface area is 129 Å². The molecular weight excluding hydrogens is 278 g/mol. The fourth-order valence-electron chi connectivity index (χ4n) is 2.81. The SMILES string of the molecule is N#Cc1ccccc1C[NH+]1CCN(C(=O)c2ccco2)CC1. The molecule has 0 saturated carbocycles. The lowest BCUT2D eigenvalue weighted by atomic mass is 10.1. The highest BCUT2D eigenvalue weighted by molar-refractivity contribution is 5.91. The maximum atomic E-state index is 12.2. The van der Waals surface area contributed by atoms with E-state index in [2.05, 4.69) is 6.07 Å². The van der Waals surface area contributed by atoms with Crippen molar-refractivity contribution >= 4 is 5.91 Å². The molecule has 0 radical (unpaired) electrons. The second-order valence-corrected chi connectivity index (χ2v) is 5.47. The molecule has 1 aromatic heterocycles. The maximum absolute atomic E-state index is 12.2. The van der Waals surface area contributed by atoms with Crippen LogP contribution >= 0.6 is 0 Å². The third-order valence-corrected chi connectivity index (χ3v) is 4.07. The molecular formula is C17H18N3O2+. The molecule has 1 fully saturated rings. The highest BCUT2D eigenvalue weighted by Gasteiger charge is 2.26. The molecule has 0 spiro atoms. The molecule has 1 aliphatic rings. The average molecular weight is 296 g/mol. The van der Waals surface area contributed by atoms with Crippen LogP contribution in [0.1, 0.15) is 21.7 Å². The van der Waals surface area contributed by atoms with E-state index in [1.54, 1.807) is 12.1 Å². The second kappa shape index (κ2) is 6.46. The standard InChI is InChI=1S/C17H17N3O2/c18-12-14-4-1-2-5-15(14)13-19-7-9-20(10-8-19)17(21)16-6-3-11-22-16/h1-6,11H,7-10,13H2/p+1. The minimum absolute atomic E-state index is 0.0403. The van der Waals surface area contributed by atoms with E-state index >= 15 is 0 Å². The van der Waals surface area contributed by atoms with E-state index in [1.807, 2.05) is 29.2 Å². The molecule has 1 N–H and O–H groups in total. The van der Waals surface area contributed by atoms with Gasteiger partial charge in [-0.15, -0.1) is 0 Å². The predicted octanol–water partition coefficient (Wildman–Crippen LogP) is 0.692. The van der Waals surface area contributed by atoms with Gasteiger partial charge < -0.3 is 14.2 Å². The van der Waals surface area contributed by atoms with Crippen LogP contribution in [0.3, 0.4) is 0 Å². The zero-order valence-corrected chi connectivity index (χ0v) is 12.3. The summed E-state index contributed by atoms with van der Waals surface area (Å²) in [5.74, 6) is 0.361. The molecule has 1 saturated heterocycles. The minimum Gasteiger partial charge on any atom is -0.459 e. The van der Waals surface area contributed by atoms with Gasteiger partial charge in [0.1, 0.15) is 6.54 Å². The molecule has 0 atom stereocenters. The van der Waals surface area contributed by atoms with Crippen molar-refractivity contribution in [2.45, 2.75) is 6.54 Å². The normalized spacial score (nSPS) is 15.5. The molecule has 3 rings (SSSR count). The lowest BCUT2D eigenvalue weighted by Gasteiger charge is -2.31. The number of hydrogen-bond acceptors (Lipinski definition) is 3. The summed E-state index contributed by atoms with van der Waals surface area (Å²) in [6.07, 6.45) is 1.52. The van der Waals surface area contributed by atoms with Crippen molar-refractivity contribution in [1.29, 1.82) is 5.26 Å². The number of rotatable bonds is 3. The first kappa shape index (κ1) is 14.4. The lowest BCUT2D eigenvalue weighted by molar-refractivity contribution is -0.917. The Morgan fingerprint density at radius 2 is 2.00 bits per heavy atom. The number of hydrogen-bond donors (Lipinski definition) is 1. The van der Waals surface area contributed by atoms with Crippen molar-refractivity contribution in [1.82, 2.24) is 4.90 Å². The Morgan fingerprint density at radius 1 is 1.23 bits per heavy atom. The Hall–Kier alpha value is -2.58. The summed E-state index contributed by atoms with van der Waals surface area (Å²) in [4.78, 5) is 15.4. The molecule has 1 amide bonds. The van der Waals surface area contributed by atoms with Crippen LogP contribution in [-0.4, -0.2) is 37.0 Å². The first-order chi connectivity index (χ1) is 10.8. The number of nitrogens with one attached hydrogen (secondary N) is 1. The zero-order valence-electron chi connectivity index (χ0n) is 12.3. The molecule has 5 heteroatoms. The summed E-state index contributed by atoms with van der Waals surface area (Å²) in [6.45, 7) is 4.01. The third-order valence-electron chi connectivity index (χ3n) is 4.07. The highest BCUT2D eigenvalue weighted by Crippen LogP contribution is 2.07. The van der Waals surface area contributed by atoms with E-state index in [0.29, 0.717) is 18.8 Å². The van der Waals surface area contributed by atoms with Crippen LogP contribution in [0.5, 0.6) is 0 Å². The summed E-state index contributed by atoms with van der Waals surface area (Å²) in [6, 6.07) is 13.4. The summed E-state index contributed by atoms with van der Waals surface area (Å²) in [5, 5.41) is 9.15. The molecule has 112 valence electrons. The largest absolute Gasteiger partial charge is 0.459 e. The van der Waals surface area contributed by atoms with Crippen molar-refractivity contribution in [3.05, 3.63) is 59.5 Å². The number of piperazine rings is 1. The van der Waals surface area contributed by atoms with Gasteiger partial charge in [0.25, 0.3) is 5.91 Å². The molecule has 1 aromatic carbocycles. The number of carbonyl (C=O) groups excluding carboxylic acids is 1. The lowest BCUT2D eigenvalue weighted by Crippen LogP contribution is -3.13. The highest BCUT2D eigenvalue weighted by atomic mass is 16.3. The second-order valence-electron chi connectivity index (χ2n) is 5.47. The van der Waals surface area contributed by atoms with Crippen LogP contribution in [0.15, 0.2) is 47.1 Å². The molecule has 2 heterocycles. The van der Waals surface area contributed by atoms with Gasteiger partial charge in [0.15, 0.2) is 5.76 Å². The predicted molar refractivity (Wildman–Crippen MR) is 80.2 cm³/mol. The Kier molecular flexibility index (Phi) is 4.22. The quantitative estimate of drug-likeness (QED) is 0.906. The van der Waals surface area contributed by atoms with E-state index in [1.165, 1.54) is 11.2 Å². The molecule has 1 aliphatic heterocycles. The topological polar surface area (TPSA) is 61.7 Å². The van der Waals surface area contributed by atoms with E-state index in [0.717, 1.165) is 30.8 Å². The molecule has 22 heavy (non-hydrogen) atoms. The number of nitrogens with zero attached hydrogens (tertiary/aromatic N) is 2. The van der Waals surface area contributed by atoms with Gasteiger partial charge >= 0.3 is 0 Å². The number of carbonyl (C=O) groups is 1. The summed E-state index contributed by atoms with van der Waals surface area (Å²) < 4.78 is 5.17. The van der Waals surface area contributed by atoms with E-state index < -0.39 is 0 Å². The van der Waals surface area contributed by atoms with Gasteiger partial charge in [0.05, 0.1) is 44.1 Å². The Morgan fingerprint density at radius 3 is 2.68 bits per heavy atom. The van der Waals surface area contributed by atoms with Crippen LogP contribution in [0.25, 0.3) is 0 Å². The Bertz CT molecular complexity index is 680. The molecule has 5 nitrogen and oxygen atoms in total.